The van der Waals surface area contributed by atoms with Gasteiger partial charge in [-0.1, -0.05) is 36.4 Å². The third-order valence-electron chi connectivity index (χ3n) is 4.62. The number of rotatable bonds is 0. The summed E-state index contributed by atoms with van der Waals surface area (Å²) in [6, 6.07) is 15.9. The molecule has 4 rings (SSSR count). The average molecular weight is 371 g/mol. The maximum absolute atomic E-state index is 6.11. The Hall–Kier alpha value is -3.53. The highest BCUT2D eigenvalue weighted by atomic mass is 16.7. The second kappa shape index (κ2) is 7.61. The predicted molar refractivity (Wildman–Crippen MR) is 111 cm³/mol. The number of nitrogens with zero attached hydrogens (tertiary/aromatic N) is 2. The van der Waals surface area contributed by atoms with Gasteiger partial charge in [-0.15, -0.1) is 6.07 Å². The lowest BCUT2D eigenvalue weighted by Crippen LogP contribution is -2.18. The number of allylic oxidation sites excluding steroid dienone is 3. The van der Waals surface area contributed by atoms with E-state index in [1.165, 1.54) is 0 Å². The van der Waals surface area contributed by atoms with E-state index in [9.17, 15) is 0 Å². The van der Waals surface area contributed by atoms with Gasteiger partial charge in [0, 0.05) is 13.0 Å². The van der Waals surface area contributed by atoms with E-state index in [1.54, 1.807) is 0 Å². The molecule has 4 heteroatoms. The zero-order valence-corrected chi connectivity index (χ0v) is 15.9. The highest BCUT2D eigenvalue weighted by Crippen LogP contribution is 2.32. The summed E-state index contributed by atoms with van der Waals surface area (Å²) in [7, 11) is 0. The van der Waals surface area contributed by atoms with Crippen LogP contribution in [0.3, 0.4) is 0 Å². The Balaban J connectivity index is 1.84. The van der Waals surface area contributed by atoms with Crippen LogP contribution < -0.4 is 4.74 Å². The van der Waals surface area contributed by atoms with E-state index in [0.29, 0.717) is 0 Å². The van der Waals surface area contributed by atoms with E-state index in [2.05, 4.69) is 25.6 Å². The summed E-state index contributed by atoms with van der Waals surface area (Å²) >= 11 is 0. The summed E-state index contributed by atoms with van der Waals surface area (Å²) < 4.78 is 15.9. The van der Waals surface area contributed by atoms with Crippen LogP contribution in [-0.4, -0.2) is 28.9 Å². The molecule has 1 unspecified atom stereocenters. The molecular weight excluding hydrogens is 348 g/mol. The summed E-state index contributed by atoms with van der Waals surface area (Å²) in [5, 5.41) is 0. The zero-order valence-electron chi connectivity index (χ0n) is 15.9. The van der Waals surface area contributed by atoms with Crippen molar-refractivity contribution in [2.45, 2.75) is 19.6 Å². The van der Waals surface area contributed by atoms with Gasteiger partial charge in [0.25, 0.3) is 0 Å². The van der Waals surface area contributed by atoms with E-state index in [-0.39, 0.29) is 0 Å². The largest absolute Gasteiger partial charge is 0.492 e. The van der Waals surface area contributed by atoms with Gasteiger partial charge in [-0.25, -0.2) is 0 Å². The molecule has 1 heterocycles. The van der Waals surface area contributed by atoms with Gasteiger partial charge in [0.1, 0.15) is 19.0 Å². The molecular formula is C24H23N2O2+. The minimum atomic E-state index is -0.449. The van der Waals surface area contributed by atoms with Gasteiger partial charge in [-0.05, 0) is 30.2 Å². The molecule has 4 nitrogen and oxygen atoms in total. The molecule has 0 fully saturated rings. The molecule has 0 saturated carbocycles. The van der Waals surface area contributed by atoms with E-state index in [4.69, 9.17) is 9.47 Å². The van der Waals surface area contributed by atoms with Crippen LogP contribution in [0.2, 0.25) is 0 Å². The van der Waals surface area contributed by atoms with Gasteiger partial charge in [-0.3, -0.25) is 4.58 Å². The molecule has 1 atom stereocenters. The Morgan fingerprint density at radius 1 is 1.00 bits per heavy atom. The first-order valence-corrected chi connectivity index (χ1v) is 9.26. The fraction of sp³-hybridized carbons (Fsp3) is 0.125. The van der Waals surface area contributed by atoms with Crippen molar-refractivity contribution in [1.82, 2.24) is 0 Å². The lowest BCUT2D eigenvalue weighted by Gasteiger charge is -2.23. The number of benzene rings is 2. The van der Waals surface area contributed by atoms with E-state index < -0.39 is 6.29 Å². The maximum Gasteiger partial charge on any atom is 0.248 e. The van der Waals surface area contributed by atoms with Gasteiger partial charge in [0.2, 0.25) is 17.7 Å². The molecule has 0 amide bonds. The minimum Gasteiger partial charge on any atom is -0.492 e. The number of para-hydroxylation sites is 3. The molecule has 0 radical (unpaired) electrons. The molecule has 1 aliphatic carbocycles. The van der Waals surface area contributed by atoms with Crippen LogP contribution in [0.15, 0.2) is 84.3 Å². The quantitative estimate of drug-likeness (QED) is 0.477. The van der Waals surface area contributed by atoms with Crippen LogP contribution in [0.25, 0.3) is 0 Å². The highest BCUT2D eigenvalue weighted by molar-refractivity contribution is 5.56. The summed E-state index contributed by atoms with van der Waals surface area (Å²) in [5.74, 6) is 1.53. The zero-order chi connectivity index (χ0) is 19.5. The van der Waals surface area contributed by atoms with Crippen molar-refractivity contribution in [1.29, 1.82) is 0 Å². The first-order valence-electron chi connectivity index (χ1n) is 9.26. The molecule has 2 aromatic rings. The molecule has 2 aromatic carbocycles. The van der Waals surface area contributed by atoms with Crippen LogP contribution in [0.1, 0.15) is 18.9 Å². The molecule has 0 saturated heterocycles. The normalized spacial score (nSPS) is 20.8. The van der Waals surface area contributed by atoms with E-state index >= 15 is 0 Å². The molecule has 0 aromatic heterocycles. The number of fused-ring (bicyclic) bond motifs is 3. The standard InChI is InChI=1S/C24H23N2O2/c1-18-27-23-14-8-4-10-19(23)16-25(2)21-12-6-7-13-22(21)26(3)17-20-11-5-9-15-24(20)28-18/h4-8,10-18H,2-3,9H2,1H3/q+1/b20-17-. The smallest absolute Gasteiger partial charge is 0.248 e. The fourth-order valence-electron chi connectivity index (χ4n) is 3.29. The van der Waals surface area contributed by atoms with Crippen LogP contribution in [0.5, 0.6) is 5.75 Å². The monoisotopic (exact) mass is 371 g/mol. The van der Waals surface area contributed by atoms with Crippen molar-refractivity contribution in [3.8, 4) is 5.75 Å². The minimum absolute atomic E-state index is 0.449. The van der Waals surface area contributed by atoms with E-state index in [1.807, 2.05) is 83.4 Å². The van der Waals surface area contributed by atoms with Gasteiger partial charge in [-0.2, -0.15) is 4.58 Å². The third kappa shape index (κ3) is 3.62. The molecule has 1 aliphatic heterocycles. The van der Waals surface area contributed by atoms with Crippen molar-refractivity contribution in [2.75, 3.05) is 0 Å². The van der Waals surface area contributed by atoms with Crippen LogP contribution in [0, 0.1) is 6.54 Å². The van der Waals surface area contributed by atoms with Crippen molar-refractivity contribution >= 4 is 24.8 Å². The second-order valence-electron chi connectivity index (χ2n) is 6.69. The van der Waals surface area contributed by atoms with Gasteiger partial charge < -0.3 is 9.47 Å². The van der Waals surface area contributed by atoms with E-state index in [0.717, 1.165) is 40.4 Å². The Labute approximate surface area is 165 Å². The van der Waals surface area contributed by atoms with Crippen molar-refractivity contribution in [2.24, 2.45) is 0 Å². The van der Waals surface area contributed by atoms with Crippen molar-refractivity contribution in [3.63, 3.8) is 0 Å². The molecule has 28 heavy (non-hydrogen) atoms. The summed E-state index contributed by atoms with van der Waals surface area (Å²) in [6.07, 6.45) is 8.53. The lowest BCUT2D eigenvalue weighted by atomic mass is 10.1. The van der Waals surface area contributed by atoms with Crippen molar-refractivity contribution < 1.29 is 18.6 Å². The maximum atomic E-state index is 6.11. The second-order valence-corrected chi connectivity index (χ2v) is 6.69. The predicted octanol–water partition coefficient (Wildman–Crippen LogP) is 5.07. The van der Waals surface area contributed by atoms with Gasteiger partial charge in [0.05, 0.1) is 18.0 Å². The number of hydrogen-bond donors (Lipinski definition) is 0. The van der Waals surface area contributed by atoms with Crippen LogP contribution >= 0.6 is 0 Å². The topological polar surface area (TPSA) is 24.5 Å². The van der Waals surface area contributed by atoms with Crippen LogP contribution in [0.4, 0.5) is 11.4 Å². The van der Waals surface area contributed by atoms with Gasteiger partial charge in [0.15, 0.2) is 6.20 Å². The molecule has 0 bridgehead atoms. The number of hydrogen-bond acceptors (Lipinski definition) is 2. The Morgan fingerprint density at radius 3 is 2.61 bits per heavy atom. The average Bonchev–Trinajstić information content (AvgIpc) is 2.70. The Kier molecular flexibility index (Phi) is 4.85. The highest BCUT2D eigenvalue weighted by Gasteiger charge is 2.21. The molecule has 2 aliphatic rings. The number of ether oxygens (including phenoxy) is 2. The van der Waals surface area contributed by atoms with Crippen molar-refractivity contribution in [3.05, 3.63) is 96.4 Å². The lowest BCUT2D eigenvalue weighted by molar-refractivity contribution is -0.404. The summed E-state index contributed by atoms with van der Waals surface area (Å²) in [6.45, 7) is 12.3. The Morgan fingerprint density at radius 2 is 1.75 bits per heavy atom. The molecule has 0 N–H and O–H groups in total. The SMILES string of the molecule is C=[N+]1/C=C2/C=CCC=C2OC(C)Oc2ccccc2[CH-][N+](=C)c2ccccc21. The summed E-state index contributed by atoms with van der Waals surface area (Å²) in [5.41, 5.74) is 3.73. The fourth-order valence-corrected chi connectivity index (χ4v) is 3.29. The third-order valence-corrected chi connectivity index (χ3v) is 4.62. The first-order chi connectivity index (χ1) is 13.6. The van der Waals surface area contributed by atoms with Gasteiger partial charge >= 0.3 is 0 Å². The first kappa shape index (κ1) is 17.9. The Bertz CT molecular complexity index is 1030. The molecule has 0 spiro atoms. The molecule has 140 valence electrons. The van der Waals surface area contributed by atoms with Crippen LogP contribution in [-0.2, 0) is 4.74 Å². The summed E-state index contributed by atoms with van der Waals surface area (Å²) in [4.78, 5) is 0.